The summed E-state index contributed by atoms with van der Waals surface area (Å²) in [5.41, 5.74) is 8.24. The standard InChI is InChI=1S/C28H20N8O2S/c1-17(32-26(37)22-23(29)34-35-15-5-12-31-25(22)35)24-33-27-21(28(38)36(24)20-6-3-2-4-7-20)19(16-39-27)9-8-18-10-13-30-14-11-18/h2-7,10-17H,1H3,(H2,29,34)(H,32,37). The van der Waals surface area contributed by atoms with E-state index in [1.54, 1.807) is 49.9 Å². The number of fused-ring (bicyclic) bond motifs is 2. The molecule has 11 heteroatoms. The minimum absolute atomic E-state index is 0.0536. The van der Waals surface area contributed by atoms with Gasteiger partial charge in [0, 0.05) is 35.7 Å². The lowest BCUT2D eigenvalue weighted by molar-refractivity contribution is 0.0940. The van der Waals surface area contributed by atoms with Crippen LogP contribution >= 0.6 is 11.3 Å². The molecule has 0 spiro atoms. The van der Waals surface area contributed by atoms with Crippen molar-refractivity contribution in [1.82, 2.24) is 34.4 Å². The number of thiophene rings is 1. The van der Waals surface area contributed by atoms with Crippen molar-refractivity contribution in [2.24, 2.45) is 0 Å². The van der Waals surface area contributed by atoms with E-state index in [4.69, 9.17) is 10.7 Å². The van der Waals surface area contributed by atoms with Crippen molar-refractivity contribution in [3.05, 3.63) is 112 Å². The van der Waals surface area contributed by atoms with Gasteiger partial charge in [0.05, 0.1) is 22.7 Å². The Labute approximate surface area is 225 Å². The van der Waals surface area contributed by atoms with Gasteiger partial charge in [-0.3, -0.25) is 19.1 Å². The number of carbonyl (C=O) groups excluding carboxylic acids is 1. The molecule has 0 fully saturated rings. The number of nitrogens with two attached hydrogens (primary N) is 1. The number of hydrogen-bond donors (Lipinski definition) is 2. The van der Waals surface area contributed by atoms with Gasteiger partial charge in [-0.15, -0.1) is 16.4 Å². The molecule has 1 amide bonds. The maximum atomic E-state index is 14.0. The molecule has 1 aromatic carbocycles. The van der Waals surface area contributed by atoms with E-state index in [2.05, 4.69) is 32.2 Å². The van der Waals surface area contributed by atoms with Crippen LogP contribution in [0.1, 0.15) is 40.3 Å². The average molecular weight is 533 g/mol. The number of nitrogens with zero attached hydrogens (tertiary/aromatic N) is 6. The van der Waals surface area contributed by atoms with Gasteiger partial charge in [-0.1, -0.05) is 30.0 Å². The fourth-order valence-electron chi connectivity index (χ4n) is 4.25. The number of aromatic nitrogens is 6. The average Bonchev–Trinajstić information content (AvgIpc) is 3.52. The van der Waals surface area contributed by atoms with E-state index in [9.17, 15) is 9.59 Å². The monoisotopic (exact) mass is 532 g/mol. The SMILES string of the molecule is CC(NC(=O)c1c(N)nn2cccnc12)c1nc2scc(C#Cc3ccncc3)c2c(=O)n1-c1ccccc1. The fourth-order valence-corrected chi connectivity index (χ4v) is 5.11. The van der Waals surface area contributed by atoms with Gasteiger partial charge in [-0.25, -0.2) is 14.5 Å². The van der Waals surface area contributed by atoms with Crippen LogP contribution in [0.4, 0.5) is 5.82 Å². The van der Waals surface area contributed by atoms with Gasteiger partial charge in [-0.2, -0.15) is 0 Å². The van der Waals surface area contributed by atoms with Gasteiger partial charge in [0.15, 0.2) is 11.5 Å². The number of para-hydroxylation sites is 1. The number of pyridine rings is 1. The smallest absolute Gasteiger partial charge is 0.268 e. The number of anilines is 1. The topological polar surface area (TPSA) is 133 Å². The summed E-state index contributed by atoms with van der Waals surface area (Å²) in [5.74, 6) is 6.13. The van der Waals surface area contributed by atoms with Crippen LogP contribution in [-0.2, 0) is 0 Å². The second-order valence-corrected chi connectivity index (χ2v) is 9.46. The summed E-state index contributed by atoms with van der Waals surface area (Å²) in [5, 5.41) is 9.33. The molecule has 190 valence electrons. The van der Waals surface area contributed by atoms with Crippen molar-refractivity contribution in [3.63, 3.8) is 0 Å². The summed E-state index contributed by atoms with van der Waals surface area (Å²) >= 11 is 1.32. The molecule has 39 heavy (non-hydrogen) atoms. The normalized spacial score (nSPS) is 11.7. The largest absolute Gasteiger partial charge is 0.381 e. The highest BCUT2D eigenvalue weighted by atomic mass is 32.1. The van der Waals surface area contributed by atoms with Crippen molar-refractivity contribution < 1.29 is 4.79 Å². The molecule has 0 aliphatic rings. The maximum Gasteiger partial charge on any atom is 0.268 e. The van der Waals surface area contributed by atoms with Crippen LogP contribution in [0.5, 0.6) is 0 Å². The molecule has 6 aromatic rings. The predicted octanol–water partition coefficient (Wildman–Crippen LogP) is 3.36. The first-order valence-corrected chi connectivity index (χ1v) is 12.8. The first kappa shape index (κ1) is 24.0. The molecule has 0 saturated carbocycles. The maximum absolute atomic E-state index is 14.0. The van der Waals surface area contributed by atoms with Crippen LogP contribution in [0.3, 0.4) is 0 Å². The molecule has 0 aliphatic carbocycles. The molecule has 0 aliphatic heterocycles. The van der Waals surface area contributed by atoms with Gasteiger partial charge in [-0.05, 0) is 37.3 Å². The van der Waals surface area contributed by atoms with Gasteiger partial charge < -0.3 is 11.1 Å². The molecule has 5 heterocycles. The molecule has 0 bridgehead atoms. The second-order valence-electron chi connectivity index (χ2n) is 8.60. The number of hydrogen-bond acceptors (Lipinski definition) is 8. The molecule has 1 atom stereocenters. The summed E-state index contributed by atoms with van der Waals surface area (Å²) in [6.07, 6.45) is 6.55. The Bertz CT molecular complexity index is 1970. The van der Waals surface area contributed by atoms with E-state index in [0.717, 1.165) is 5.56 Å². The molecular formula is C28H20N8O2S. The van der Waals surface area contributed by atoms with Crippen molar-refractivity contribution in [2.45, 2.75) is 13.0 Å². The fraction of sp³-hybridized carbons (Fsp3) is 0.0714. The van der Waals surface area contributed by atoms with Gasteiger partial charge in [0.25, 0.3) is 11.5 Å². The molecule has 6 rings (SSSR count). The Kier molecular flexibility index (Phi) is 6.07. The zero-order chi connectivity index (χ0) is 26.9. The third-order valence-corrected chi connectivity index (χ3v) is 6.93. The van der Waals surface area contributed by atoms with Gasteiger partial charge >= 0.3 is 0 Å². The third-order valence-electron chi connectivity index (χ3n) is 6.05. The van der Waals surface area contributed by atoms with E-state index < -0.39 is 11.9 Å². The van der Waals surface area contributed by atoms with Crippen molar-refractivity contribution in [3.8, 4) is 17.5 Å². The van der Waals surface area contributed by atoms with Gasteiger partial charge in [0.1, 0.15) is 16.2 Å². The van der Waals surface area contributed by atoms with E-state index in [1.807, 2.05) is 35.7 Å². The zero-order valence-electron chi connectivity index (χ0n) is 20.6. The number of nitrogen functional groups attached to an aromatic ring is 1. The predicted molar refractivity (Wildman–Crippen MR) is 149 cm³/mol. The lowest BCUT2D eigenvalue weighted by Crippen LogP contribution is -2.33. The Balaban J connectivity index is 1.45. The van der Waals surface area contributed by atoms with E-state index in [0.29, 0.717) is 32.9 Å². The summed E-state index contributed by atoms with van der Waals surface area (Å²) < 4.78 is 2.95. The highest BCUT2D eigenvalue weighted by Gasteiger charge is 2.25. The first-order valence-electron chi connectivity index (χ1n) is 11.9. The minimum atomic E-state index is -0.665. The zero-order valence-corrected chi connectivity index (χ0v) is 21.4. The van der Waals surface area contributed by atoms with E-state index in [-0.39, 0.29) is 16.9 Å². The van der Waals surface area contributed by atoms with E-state index >= 15 is 0 Å². The molecule has 0 radical (unpaired) electrons. The van der Waals surface area contributed by atoms with E-state index in [1.165, 1.54) is 20.4 Å². The Morgan fingerprint density at radius 3 is 2.67 bits per heavy atom. The van der Waals surface area contributed by atoms with Crippen molar-refractivity contribution in [2.75, 3.05) is 5.73 Å². The van der Waals surface area contributed by atoms with Gasteiger partial charge in [0.2, 0.25) is 0 Å². The number of rotatable bonds is 4. The quantitative estimate of drug-likeness (QED) is 0.333. The summed E-state index contributed by atoms with van der Waals surface area (Å²) in [4.78, 5) is 40.9. The lowest BCUT2D eigenvalue weighted by Gasteiger charge is -2.19. The molecule has 0 saturated heterocycles. The summed E-state index contributed by atoms with van der Waals surface area (Å²) in [6.45, 7) is 1.76. The van der Waals surface area contributed by atoms with Crippen molar-refractivity contribution in [1.29, 1.82) is 0 Å². The Morgan fingerprint density at radius 2 is 1.87 bits per heavy atom. The van der Waals surface area contributed by atoms with Crippen LogP contribution < -0.4 is 16.6 Å². The summed E-state index contributed by atoms with van der Waals surface area (Å²) in [7, 11) is 0. The van der Waals surface area contributed by atoms with Crippen LogP contribution in [0.15, 0.2) is 83.5 Å². The molecule has 5 aromatic heterocycles. The second kappa shape index (κ2) is 9.85. The van der Waals surface area contributed by atoms with Crippen LogP contribution in [0.25, 0.3) is 21.6 Å². The highest BCUT2D eigenvalue weighted by molar-refractivity contribution is 7.17. The minimum Gasteiger partial charge on any atom is -0.381 e. The highest BCUT2D eigenvalue weighted by Crippen LogP contribution is 2.25. The number of amides is 1. The first-order chi connectivity index (χ1) is 19.0. The lowest BCUT2D eigenvalue weighted by atomic mass is 10.2. The molecular weight excluding hydrogens is 512 g/mol. The van der Waals surface area contributed by atoms with Crippen LogP contribution in [-0.4, -0.2) is 35.0 Å². The number of benzene rings is 1. The molecule has 10 nitrogen and oxygen atoms in total. The Hall–Kier alpha value is -5.34. The summed E-state index contributed by atoms with van der Waals surface area (Å²) in [6, 6.07) is 13.8. The van der Waals surface area contributed by atoms with Crippen molar-refractivity contribution >= 4 is 38.9 Å². The number of nitrogens with one attached hydrogen (secondary N) is 1. The van der Waals surface area contributed by atoms with Crippen LogP contribution in [0.2, 0.25) is 0 Å². The van der Waals surface area contributed by atoms with Crippen LogP contribution in [0, 0.1) is 11.8 Å². The Morgan fingerprint density at radius 1 is 1.08 bits per heavy atom. The number of carbonyl (C=O) groups is 1. The molecule has 1 unspecified atom stereocenters. The third kappa shape index (κ3) is 4.39. The molecule has 3 N–H and O–H groups in total.